The molecule has 0 aliphatic carbocycles. The molecule has 0 bridgehead atoms. The van der Waals surface area contributed by atoms with Gasteiger partial charge in [0.15, 0.2) is 0 Å². The molecule has 7 heteroatoms. The van der Waals surface area contributed by atoms with E-state index in [-0.39, 0.29) is 5.69 Å². The maximum atomic E-state index is 11.5. The Hall–Kier alpha value is -2.80. The van der Waals surface area contributed by atoms with E-state index in [0.29, 0.717) is 16.2 Å². The van der Waals surface area contributed by atoms with Gasteiger partial charge in [-0.2, -0.15) is 0 Å². The minimum atomic E-state index is -0.519. The molecule has 2 aromatic carbocycles. The lowest BCUT2D eigenvalue weighted by atomic mass is 10.1. The van der Waals surface area contributed by atoms with Gasteiger partial charge in [0, 0.05) is 12.1 Å². The van der Waals surface area contributed by atoms with Crippen molar-refractivity contribution in [2.45, 2.75) is 16.7 Å². The van der Waals surface area contributed by atoms with Gasteiger partial charge in [-0.3, -0.25) is 10.1 Å². The molecule has 0 N–H and O–H groups in total. The second-order valence-corrected chi connectivity index (χ2v) is 6.13. The summed E-state index contributed by atoms with van der Waals surface area (Å²) in [5.41, 5.74) is 1.36. The summed E-state index contributed by atoms with van der Waals surface area (Å²) in [6, 6.07) is 10.5. The molecule has 0 aromatic heterocycles. The minimum Gasteiger partial charge on any atom is -0.496 e. The van der Waals surface area contributed by atoms with E-state index < -0.39 is 10.9 Å². The summed E-state index contributed by atoms with van der Waals surface area (Å²) in [7, 11) is 2.83. The van der Waals surface area contributed by atoms with E-state index in [4.69, 9.17) is 4.74 Å². The van der Waals surface area contributed by atoms with Crippen LogP contribution in [0.1, 0.15) is 11.1 Å². The standard InChI is InChI=1S/C18H17NO5S/c1-12-10-17(25-16-7-5-4-6-15(16)23-2)14(19(21)22)11-13(12)8-9-18(20)24-3/h4-11H,1-3H3/b9-8+. The zero-order chi connectivity index (χ0) is 18.4. The summed E-state index contributed by atoms with van der Waals surface area (Å²) in [5, 5.41) is 11.5. The van der Waals surface area contributed by atoms with Crippen LogP contribution < -0.4 is 4.74 Å². The van der Waals surface area contributed by atoms with Crippen LogP contribution in [0, 0.1) is 17.0 Å². The highest BCUT2D eigenvalue weighted by Gasteiger charge is 2.18. The Morgan fingerprint density at radius 3 is 2.56 bits per heavy atom. The third-order valence-corrected chi connectivity index (χ3v) is 4.54. The van der Waals surface area contributed by atoms with Gasteiger partial charge < -0.3 is 9.47 Å². The summed E-state index contributed by atoms with van der Waals surface area (Å²) in [5.74, 6) is 0.128. The van der Waals surface area contributed by atoms with Crippen molar-refractivity contribution >= 4 is 29.5 Å². The lowest BCUT2D eigenvalue weighted by Gasteiger charge is -2.10. The highest BCUT2D eigenvalue weighted by molar-refractivity contribution is 7.99. The number of aryl methyl sites for hydroxylation is 1. The zero-order valence-corrected chi connectivity index (χ0v) is 14.8. The summed E-state index contributed by atoms with van der Waals surface area (Å²) >= 11 is 1.26. The van der Waals surface area contributed by atoms with E-state index in [1.807, 2.05) is 25.1 Å². The molecular formula is C18H17NO5S. The number of methoxy groups -OCH3 is 2. The molecule has 0 saturated carbocycles. The van der Waals surface area contributed by atoms with Crippen LogP contribution in [-0.4, -0.2) is 25.1 Å². The van der Waals surface area contributed by atoms with Gasteiger partial charge in [-0.1, -0.05) is 23.9 Å². The van der Waals surface area contributed by atoms with Gasteiger partial charge in [-0.15, -0.1) is 0 Å². The molecule has 2 aromatic rings. The summed E-state index contributed by atoms with van der Waals surface area (Å²) < 4.78 is 9.84. The molecule has 25 heavy (non-hydrogen) atoms. The normalized spacial score (nSPS) is 10.7. The van der Waals surface area contributed by atoms with Crippen LogP contribution in [0.4, 0.5) is 5.69 Å². The molecule has 6 nitrogen and oxygen atoms in total. The lowest BCUT2D eigenvalue weighted by Crippen LogP contribution is -1.96. The number of benzene rings is 2. The topological polar surface area (TPSA) is 78.7 Å². The van der Waals surface area contributed by atoms with Crippen molar-refractivity contribution in [2.24, 2.45) is 0 Å². The van der Waals surface area contributed by atoms with Crippen molar-refractivity contribution in [1.29, 1.82) is 0 Å². The Kier molecular flexibility index (Phi) is 6.19. The van der Waals surface area contributed by atoms with Crippen LogP contribution in [0.2, 0.25) is 0 Å². The van der Waals surface area contributed by atoms with Gasteiger partial charge >= 0.3 is 5.97 Å². The molecule has 0 fully saturated rings. The monoisotopic (exact) mass is 359 g/mol. The van der Waals surface area contributed by atoms with Gasteiger partial charge in [0.2, 0.25) is 0 Å². The quantitative estimate of drug-likeness (QED) is 0.332. The number of carbonyl (C=O) groups is 1. The number of hydrogen-bond donors (Lipinski definition) is 0. The Morgan fingerprint density at radius 2 is 1.92 bits per heavy atom. The molecule has 0 radical (unpaired) electrons. The van der Waals surface area contributed by atoms with Crippen molar-refractivity contribution in [3.05, 3.63) is 63.7 Å². The number of nitro benzene ring substituents is 1. The molecule has 0 saturated heterocycles. The molecule has 2 rings (SSSR count). The molecular weight excluding hydrogens is 342 g/mol. The second kappa shape index (κ2) is 8.34. The average Bonchev–Trinajstić information content (AvgIpc) is 2.60. The van der Waals surface area contributed by atoms with E-state index in [1.54, 1.807) is 19.2 Å². The number of rotatable bonds is 6. The zero-order valence-electron chi connectivity index (χ0n) is 14.0. The summed E-state index contributed by atoms with van der Waals surface area (Å²) in [6.45, 7) is 1.83. The van der Waals surface area contributed by atoms with Gasteiger partial charge in [0.1, 0.15) is 5.75 Å². The molecule has 0 aliphatic heterocycles. The number of nitro groups is 1. The maximum absolute atomic E-state index is 11.5. The first-order chi connectivity index (χ1) is 12.0. The first kappa shape index (κ1) is 18.5. The van der Waals surface area contributed by atoms with E-state index in [9.17, 15) is 14.9 Å². The van der Waals surface area contributed by atoms with Gasteiger partial charge in [0.25, 0.3) is 5.69 Å². The van der Waals surface area contributed by atoms with Crippen LogP contribution in [0.5, 0.6) is 5.75 Å². The van der Waals surface area contributed by atoms with Crippen molar-refractivity contribution in [2.75, 3.05) is 14.2 Å². The first-order valence-electron chi connectivity index (χ1n) is 7.32. The smallest absolute Gasteiger partial charge is 0.330 e. The largest absolute Gasteiger partial charge is 0.496 e. The van der Waals surface area contributed by atoms with Crippen LogP contribution >= 0.6 is 11.8 Å². The van der Waals surface area contributed by atoms with E-state index in [2.05, 4.69) is 4.74 Å². The Labute approximate surface area is 149 Å². The van der Waals surface area contributed by atoms with Gasteiger partial charge in [0.05, 0.1) is 28.9 Å². The lowest BCUT2D eigenvalue weighted by molar-refractivity contribution is -0.387. The van der Waals surface area contributed by atoms with Crippen molar-refractivity contribution < 1.29 is 19.2 Å². The molecule has 0 heterocycles. The van der Waals surface area contributed by atoms with Crippen LogP contribution in [0.3, 0.4) is 0 Å². The number of hydrogen-bond acceptors (Lipinski definition) is 6. The highest BCUT2D eigenvalue weighted by Crippen LogP contribution is 2.40. The average molecular weight is 359 g/mol. The van der Waals surface area contributed by atoms with Crippen molar-refractivity contribution in [3.8, 4) is 5.75 Å². The molecule has 130 valence electrons. The van der Waals surface area contributed by atoms with Crippen molar-refractivity contribution in [3.63, 3.8) is 0 Å². The predicted octanol–water partition coefficient (Wildman–Crippen LogP) is 4.25. The molecule has 0 atom stereocenters. The Morgan fingerprint density at radius 1 is 1.20 bits per heavy atom. The third-order valence-electron chi connectivity index (χ3n) is 3.43. The van der Waals surface area contributed by atoms with E-state index in [1.165, 1.54) is 37.1 Å². The fraction of sp³-hybridized carbons (Fsp3) is 0.167. The molecule has 0 amide bonds. The number of para-hydroxylation sites is 1. The van der Waals surface area contributed by atoms with Crippen molar-refractivity contribution in [1.82, 2.24) is 0 Å². The van der Waals surface area contributed by atoms with E-state index in [0.717, 1.165) is 10.5 Å². The maximum Gasteiger partial charge on any atom is 0.330 e. The minimum absolute atomic E-state index is 0.0361. The Balaban J connectivity index is 2.45. The van der Waals surface area contributed by atoms with Crippen LogP contribution in [-0.2, 0) is 9.53 Å². The van der Waals surface area contributed by atoms with Crippen LogP contribution in [0.15, 0.2) is 52.3 Å². The van der Waals surface area contributed by atoms with Gasteiger partial charge in [-0.05, 0) is 42.3 Å². The second-order valence-electron chi connectivity index (χ2n) is 5.04. The first-order valence-corrected chi connectivity index (χ1v) is 8.14. The predicted molar refractivity (Wildman–Crippen MR) is 96.0 cm³/mol. The number of nitrogens with zero attached hydrogens (tertiary/aromatic N) is 1. The Bertz CT molecular complexity index is 832. The molecule has 0 aliphatic rings. The number of ether oxygens (including phenoxy) is 2. The molecule has 0 spiro atoms. The van der Waals surface area contributed by atoms with E-state index >= 15 is 0 Å². The SMILES string of the molecule is COC(=O)/C=C/c1cc([N+](=O)[O-])c(Sc2ccccc2OC)cc1C. The fourth-order valence-electron chi connectivity index (χ4n) is 2.14. The number of carbonyl (C=O) groups excluding carboxylic acids is 1. The number of esters is 1. The molecule has 0 unspecified atom stereocenters. The highest BCUT2D eigenvalue weighted by atomic mass is 32.2. The fourth-order valence-corrected chi connectivity index (χ4v) is 3.25. The summed E-state index contributed by atoms with van der Waals surface area (Å²) in [6.07, 6.45) is 2.74. The van der Waals surface area contributed by atoms with Crippen LogP contribution in [0.25, 0.3) is 6.08 Å². The third kappa shape index (κ3) is 4.60. The van der Waals surface area contributed by atoms with Gasteiger partial charge in [-0.25, -0.2) is 4.79 Å². The summed E-state index contributed by atoms with van der Waals surface area (Å²) in [4.78, 5) is 23.5.